The second-order valence-electron chi connectivity index (χ2n) is 4.84. The number of hydrogen-bond acceptors (Lipinski definition) is 3. The quantitative estimate of drug-likeness (QED) is 0.613. The highest BCUT2D eigenvalue weighted by atomic mass is 79.9. The zero-order valence-corrected chi connectivity index (χ0v) is 13.5. The summed E-state index contributed by atoms with van der Waals surface area (Å²) >= 11 is 3.39. The maximum atomic E-state index is 11.8. The lowest BCUT2D eigenvalue weighted by atomic mass is 10.1. The van der Waals surface area contributed by atoms with Crippen LogP contribution >= 0.6 is 15.9 Å². The molecule has 0 aromatic heterocycles. The van der Waals surface area contributed by atoms with Gasteiger partial charge < -0.3 is 10.5 Å². The lowest BCUT2D eigenvalue weighted by molar-refractivity contribution is 0.0981. The van der Waals surface area contributed by atoms with Crippen molar-refractivity contribution < 1.29 is 9.53 Å². The van der Waals surface area contributed by atoms with E-state index in [0.717, 1.165) is 16.5 Å². The van der Waals surface area contributed by atoms with Crippen LogP contribution in [0.15, 0.2) is 46.9 Å². The van der Waals surface area contributed by atoms with E-state index < -0.39 is 0 Å². The summed E-state index contributed by atoms with van der Waals surface area (Å²) in [7, 11) is 0. The number of rotatable bonds is 6. The molecular weight excluding hydrogens is 330 g/mol. The van der Waals surface area contributed by atoms with Gasteiger partial charge in [0.25, 0.3) is 0 Å². The molecule has 0 aliphatic carbocycles. The van der Waals surface area contributed by atoms with Crippen molar-refractivity contribution in [2.75, 3.05) is 5.73 Å². The predicted molar refractivity (Wildman–Crippen MR) is 88.6 cm³/mol. The molecule has 0 aliphatic heterocycles. The van der Waals surface area contributed by atoms with Crippen LogP contribution in [0.2, 0.25) is 0 Å². The second-order valence-corrected chi connectivity index (χ2v) is 5.76. The van der Waals surface area contributed by atoms with Crippen LogP contribution in [0.1, 0.15) is 35.7 Å². The van der Waals surface area contributed by atoms with Gasteiger partial charge >= 0.3 is 0 Å². The van der Waals surface area contributed by atoms with Crippen LogP contribution in [0.5, 0.6) is 5.75 Å². The lowest BCUT2D eigenvalue weighted by Gasteiger charge is -2.10. The van der Waals surface area contributed by atoms with Gasteiger partial charge in [0.1, 0.15) is 12.4 Å². The van der Waals surface area contributed by atoms with Gasteiger partial charge in [-0.3, -0.25) is 4.79 Å². The molecule has 3 nitrogen and oxygen atoms in total. The van der Waals surface area contributed by atoms with Crippen LogP contribution in [0.4, 0.5) is 5.69 Å². The zero-order chi connectivity index (χ0) is 15.2. The van der Waals surface area contributed by atoms with E-state index >= 15 is 0 Å². The molecule has 0 atom stereocenters. The molecule has 0 unspecified atom stereocenters. The van der Waals surface area contributed by atoms with Crippen molar-refractivity contribution in [3.8, 4) is 5.75 Å². The Labute approximate surface area is 133 Å². The number of ether oxygens (including phenoxy) is 1. The summed E-state index contributed by atoms with van der Waals surface area (Å²) in [5, 5.41) is 0. The molecule has 2 N–H and O–H groups in total. The van der Waals surface area contributed by atoms with E-state index in [2.05, 4.69) is 15.9 Å². The average Bonchev–Trinajstić information content (AvgIpc) is 2.48. The molecule has 4 heteroatoms. The third kappa shape index (κ3) is 4.33. The Hall–Kier alpha value is -1.81. The van der Waals surface area contributed by atoms with Gasteiger partial charge in [-0.15, -0.1) is 0 Å². The molecule has 110 valence electrons. The van der Waals surface area contributed by atoms with Crippen molar-refractivity contribution in [3.05, 3.63) is 58.1 Å². The first kappa shape index (κ1) is 15.6. The first-order valence-electron chi connectivity index (χ1n) is 6.90. The van der Waals surface area contributed by atoms with Gasteiger partial charge in [-0.2, -0.15) is 0 Å². The van der Waals surface area contributed by atoms with E-state index in [-0.39, 0.29) is 5.78 Å². The highest BCUT2D eigenvalue weighted by molar-refractivity contribution is 9.10. The third-order valence-corrected chi connectivity index (χ3v) is 3.65. The molecule has 2 aromatic rings. The number of nitrogen functional groups attached to an aromatic ring is 1. The minimum atomic E-state index is 0.114. The minimum Gasteiger partial charge on any atom is -0.487 e. The van der Waals surface area contributed by atoms with Crippen molar-refractivity contribution in [1.29, 1.82) is 0 Å². The van der Waals surface area contributed by atoms with Crippen LogP contribution < -0.4 is 10.5 Å². The Kier molecular flexibility index (Phi) is 5.39. The SMILES string of the molecule is CCCC(=O)c1ccc(OCc2ccc(Br)cc2)c(N)c1. The fraction of sp³-hybridized carbons (Fsp3) is 0.235. The number of ketones is 1. The van der Waals surface area contributed by atoms with Crippen molar-refractivity contribution in [3.63, 3.8) is 0 Å². The molecule has 21 heavy (non-hydrogen) atoms. The van der Waals surface area contributed by atoms with Crippen molar-refractivity contribution in [1.82, 2.24) is 0 Å². The Morgan fingerprint density at radius 2 is 1.90 bits per heavy atom. The highest BCUT2D eigenvalue weighted by Gasteiger charge is 2.08. The molecule has 0 bridgehead atoms. The summed E-state index contributed by atoms with van der Waals surface area (Å²) in [5.41, 5.74) is 8.16. The van der Waals surface area contributed by atoms with Crippen molar-refractivity contribution in [2.24, 2.45) is 0 Å². The van der Waals surface area contributed by atoms with E-state index in [1.54, 1.807) is 18.2 Å². The molecule has 2 aromatic carbocycles. The molecule has 0 saturated carbocycles. The molecule has 2 rings (SSSR count). The van der Waals surface area contributed by atoms with Crippen LogP contribution in [0.25, 0.3) is 0 Å². The van der Waals surface area contributed by atoms with Crippen LogP contribution in [-0.2, 0) is 6.61 Å². The van der Waals surface area contributed by atoms with E-state index in [1.807, 2.05) is 31.2 Å². The van der Waals surface area contributed by atoms with Crippen LogP contribution in [-0.4, -0.2) is 5.78 Å². The third-order valence-electron chi connectivity index (χ3n) is 3.12. The number of anilines is 1. The van der Waals surface area contributed by atoms with Gasteiger partial charge in [-0.1, -0.05) is 35.0 Å². The van der Waals surface area contributed by atoms with E-state index in [1.165, 1.54) is 0 Å². The summed E-state index contributed by atoms with van der Waals surface area (Å²) in [6.07, 6.45) is 1.37. The molecular formula is C17H18BrNO2. The molecule has 0 spiro atoms. The van der Waals surface area contributed by atoms with Gasteiger partial charge in [0.05, 0.1) is 5.69 Å². The van der Waals surface area contributed by atoms with Crippen molar-refractivity contribution in [2.45, 2.75) is 26.4 Å². The Bertz CT molecular complexity index is 623. The monoisotopic (exact) mass is 347 g/mol. The molecule has 0 aliphatic rings. The maximum Gasteiger partial charge on any atom is 0.162 e. The normalized spacial score (nSPS) is 10.4. The highest BCUT2D eigenvalue weighted by Crippen LogP contribution is 2.24. The Morgan fingerprint density at radius 1 is 1.19 bits per heavy atom. The molecule has 0 heterocycles. The number of benzene rings is 2. The number of halogens is 1. The molecule has 0 radical (unpaired) electrons. The fourth-order valence-corrected chi connectivity index (χ4v) is 2.23. The molecule has 0 amide bonds. The number of carbonyl (C=O) groups excluding carboxylic acids is 1. The molecule has 0 fully saturated rings. The summed E-state index contributed by atoms with van der Waals surface area (Å²) in [4.78, 5) is 11.8. The first-order chi connectivity index (χ1) is 10.1. The summed E-state index contributed by atoms with van der Waals surface area (Å²) in [6, 6.07) is 13.1. The van der Waals surface area contributed by atoms with Gasteiger partial charge in [-0.25, -0.2) is 0 Å². The maximum absolute atomic E-state index is 11.8. The molecule has 0 saturated heterocycles. The lowest BCUT2D eigenvalue weighted by Crippen LogP contribution is -2.02. The van der Waals surface area contributed by atoms with Gasteiger partial charge in [0.15, 0.2) is 5.78 Å². The first-order valence-corrected chi connectivity index (χ1v) is 7.69. The van der Waals surface area contributed by atoms with Crippen LogP contribution in [0, 0.1) is 0 Å². The largest absolute Gasteiger partial charge is 0.487 e. The average molecular weight is 348 g/mol. The van der Waals surface area contributed by atoms with Gasteiger partial charge in [0.2, 0.25) is 0 Å². The smallest absolute Gasteiger partial charge is 0.162 e. The van der Waals surface area contributed by atoms with E-state index in [0.29, 0.717) is 30.0 Å². The summed E-state index contributed by atoms with van der Waals surface area (Å²) < 4.78 is 6.74. The Balaban J connectivity index is 2.04. The summed E-state index contributed by atoms with van der Waals surface area (Å²) in [5.74, 6) is 0.717. The number of carbonyl (C=O) groups is 1. The van der Waals surface area contributed by atoms with E-state index in [4.69, 9.17) is 10.5 Å². The van der Waals surface area contributed by atoms with Crippen molar-refractivity contribution >= 4 is 27.4 Å². The van der Waals surface area contributed by atoms with Crippen LogP contribution in [0.3, 0.4) is 0 Å². The fourth-order valence-electron chi connectivity index (χ4n) is 1.97. The Morgan fingerprint density at radius 3 is 2.52 bits per heavy atom. The predicted octanol–water partition coefficient (Wildman–Crippen LogP) is 4.59. The van der Waals surface area contributed by atoms with Gasteiger partial charge in [0, 0.05) is 16.5 Å². The van der Waals surface area contributed by atoms with E-state index in [9.17, 15) is 4.79 Å². The number of nitrogens with two attached hydrogens (primary N) is 1. The second kappa shape index (κ2) is 7.27. The topological polar surface area (TPSA) is 52.3 Å². The van der Waals surface area contributed by atoms with Gasteiger partial charge in [-0.05, 0) is 42.3 Å². The minimum absolute atomic E-state index is 0.114. The number of hydrogen-bond donors (Lipinski definition) is 1. The summed E-state index contributed by atoms with van der Waals surface area (Å²) in [6.45, 7) is 2.43. The number of Topliss-reactive ketones (excluding diaryl/α,β-unsaturated/α-hetero) is 1. The standard InChI is InChI=1S/C17H18BrNO2/c1-2-3-16(20)13-6-9-17(15(19)10-13)21-11-12-4-7-14(18)8-5-12/h4-10H,2-3,11,19H2,1H3. The zero-order valence-electron chi connectivity index (χ0n) is 11.9.